The number of esters is 1. The zero-order valence-electron chi connectivity index (χ0n) is 41.7. The Morgan fingerprint density at radius 2 is 1.83 bits per heavy atom. The molecule has 17 heteroatoms. The fourth-order valence-electron chi connectivity index (χ4n) is 11.0. The number of methoxy groups -OCH3 is 1. The van der Waals surface area contributed by atoms with Gasteiger partial charge < -0.3 is 39.4 Å². The molecule has 0 saturated carbocycles. The Morgan fingerprint density at radius 1 is 1.03 bits per heavy atom. The smallest absolute Gasteiger partial charge is 0.324 e. The fraction of sp³-hybridized carbons (Fsp3) is 0.547. The van der Waals surface area contributed by atoms with Crippen molar-refractivity contribution in [3.8, 4) is 28.1 Å². The second-order valence-corrected chi connectivity index (χ2v) is 20.8. The molecule has 4 aromatic rings. The molecule has 2 aromatic carbocycles. The van der Waals surface area contributed by atoms with Crippen LogP contribution in [-0.4, -0.2) is 153 Å². The summed E-state index contributed by atoms with van der Waals surface area (Å²) in [5.41, 5.74) is 9.71. The highest BCUT2D eigenvalue weighted by molar-refractivity contribution is 5.96. The van der Waals surface area contributed by atoms with Gasteiger partial charge in [0.05, 0.1) is 37.5 Å². The number of nitrogens with zero attached hydrogens (tertiary/aromatic N) is 6. The van der Waals surface area contributed by atoms with Crippen LogP contribution >= 0.6 is 0 Å². The zero-order chi connectivity index (χ0) is 50.0. The van der Waals surface area contributed by atoms with Gasteiger partial charge in [-0.2, -0.15) is 0 Å². The lowest BCUT2D eigenvalue weighted by Gasteiger charge is -2.37. The monoisotopic (exact) mass is 963 g/mol. The van der Waals surface area contributed by atoms with Gasteiger partial charge in [-0.15, -0.1) is 0 Å². The zero-order valence-corrected chi connectivity index (χ0v) is 41.7. The number of rotatable bonds is 11. The van der Waals surface area contributed by atoms with Crippen molar-refractivity contribution < 1.29 is 43.7 Å². The number of aromatic nitrogens is 2. The predicted octanol–water partition coefficient (Wildman–Crippen LogP) is 4.29. The Kier molecular flexibility index (Phi) is 15.3. The van der Waals surface area contributed by atoms with Crippen molar-refractivity contribution in [1.82, 2.24) is 40.0 Å². The van der Waals surface area contributed by atoms with Crippen LogP contribution in [0.1, 0.15) is 77.0 Å². The molecule has 4 aliphatic rings. The predicted molar refractivity (Wildman–Crippen MR) is 264 cm³/mol. The molecule has 2 aromatic heterocycles. The van der Waals surface area contributed by atoms with Crippen LogP contribution < -0.4 is 10.7 Å². The summed E-state index contributed by atoms with van der Waals surface area (Å²) in [6.07, 6.45) is 5.73. The number of pyridine rings is 1. The summed E-state index contributed by atoms with van der Waals surface area (Å²) in [6, 6.07) is 10.4. The SMILES string of the molecule is CCn1c(-c2cnccc2COC)c2c3cc(ccc31)-c1cc(O)cc(c1)C[C@H](NC(=O)C(C(C)C)N(C)C(=O)[C@H]1CCN(C(=O)CN3CC[C@H](O)C3)C1)C(=O)N1CCC[C@H](N1)C(=O)OCC(C)(C)C2. The van der Waals surface area contributed by atoms with E-state index in [9.17, 15) is 34.2 Å². The van der Waals surface area contributed by atoms with Crippen molar-refractivity contribution in [2.24, 2.45) is 17.3 Å². The molecule has 1 unspecified atom stereocenters. The molecule has 0 spiro atoms. The van der Waals surface area contributed by atoms with E-state index in [4.69, 9.17) is 9.47 Å². The highest BCUT2D eigenvalue weighted by Crippen LogP contribution is 2.41. The number of aryl methyl sites for hydroxylation is 1. The quantitative estimate of drug-likeness (QED) is 0.156. The Labute approximate surface area is 410 Å². The molecule has 3 saturated heterocycles. The van der Waals surface area contributed by atoms with Gasteiger partial charge in [0, 0.05) is 94.1 Å². The van der Waals surface area contributed by atoms with E-state index in [1.54, 1.807) is 37.4 Å². The molecule has 17 nitrogen and oxygen atoms in total. The highest BCUT2D eigenvalue weighted by Gasteiger charge is 2.41. The summed E-state index contributed by atoms with van der Waals surface area (Å²) in [7, 11) is 3.26. The number of β-amino-alcohol motifs (C(OH)–C–C–N with tert-alkyl or cyclic N) is 1. The van der Waals surface area contributed by atoms with Crippen molar-refractivity contribution in [3.05, 3.63) is 71.5 Å². The number of aromatic hydroxyl groups is 1. The van der Waals surface area contributed by atoms with E-state index in [0.717, 1.165) is 38.9 Å². The van der Waals surface area contributed by atoms with Crippen LogP contribution in [-0.2, 0) is 59.4 Å². The number of aliphatic hydroxyl groups is 1. The van der Waals surface area contributed by atoms with Crippen molar-refractivity contribution in [1.29, 1.82) is 0 Å². The maximum absolute atomic E-state index is 14.8. The molecule has 8 rings (SSSR count). The van der Waals surface area contributed by atoms with Gasteiger partial charge in [0.2, 0.25) is 17.7 Å². The fourth-order valence-corrected chi connectivity index (χ4v) is 11.0. The number of amides is 4. The largest absolute Gasteiger partial charge is 0.508 e. The Morgan fingerprint density at radius 3 is 2.56 bits per heavy atom. The number of aliphatic hydroxyl groups excluding tert-OH is 1. The van der Waals surface area contributed by atoms with E-state index in [1.807, 2.05) is 43.1 Å². The molecule has 0 aliphatic carbocycles. The molecular formula is C53H70N8O9. The molecule has 5 atom stereocenters. The molecule has 0 radical (unpaired) electrons. The number of phenols is 1. The summed E-state index contributed by atoms with van der Waals surface area (Å²) in [4.78, 5) is 80.4. The number of carbonyl (C=O) groups excluding carboxylic acids is 5. The number of likely N-dealkylation sites (tertiary alicyclic amines) is 2. The van der Waals surface area contributed by atoms with E-state index in [1.165, 1.54) is 9.91 Å². The van der Waals surface area contributed by atoms with Gasteiger partial charge in [0.15, 0.2) is 0 Å². The van der Waals surface area contributed by atoms with Gasteiger partial charge in [-0.25, -0.2) is 5.43 Å². The Bertz CT molecular complexity index is 2610. The van der Waals surface area contributed by atoms with Gasteiger partial charge in [-0.1, -0.05) is 39.8 Å². The first-order chi connectivity index (χ1) is 33.4. The molecule has 376 valence electrons. The van der Waals surface area contributed by atoms with E-state index < -0.39 is 53.3 Å². The molecular weight excluding hydrogens is 893 g/mol. The lowest BCUT2D eigenvalue weighted by atomic mass is 9.84. The molecule has 3 fully saturated rings. The number of cyclic esters (lactones) is 1. The maximum Gasteiger partial charge on any atom is 0.324 e. The molecule has 4 N–H and O–H groups in total. The van der Waals surface area contributed by atoms with Crippen molar-refractivity contribution in [2.45, 2.75) is 111 Å². The summed E-state index contributed by atoms with van der Waals surface area (Å²) in [6.45, 7) is 13.3. The number of carbonyl (C=O) groups is 5. The number of fused-ring (bicyclic) bond motifs is 6. The van der Waals surface area contributed by atoms with Gasteiger partial charge in [0.1, 0.15) is 23.9 Å². The normalized spacial score (nSPS) is 22.5. The lowest BCUT2D eigenvalue weighted by molar-refractivity contribution is -0.155. The second kappa shape index (κ2) is 21.2. The molecule has 6 heterocycles. The van der Waals surface area contributed by atoms with Crippen molar-refractivity contribution in [2.75, 3.05) is 60.0 Å². The average Bonchev–Trinajstić information content (AvgIpc) is 4.07. The van der Waals surface area contributed by atoms with E-state index in [0.29, 0.717) is 76.0 Å². The number of hydrazine groups is 1. The minimum atomic E-state index is -1.17. The number of benzene rings is 2. The lowest BCUT2D eigenvalue weighted by Crippen LogP contribution is -2.62. The van der Waals surface area contributed by atoms with E-state index in [2.05, 4.69) is 53.2 Å². The van der Waals surface area contributed by atoms with Gasteiger partial charge >= 0.3 is 5.97 Å². The number of ether oxygens (including phenoxy) is 2. The van der Waals surface area contributed by atoms with Gasteiger partial charge in [-0.3, -0.25) is 38.9 Å². The third-order valence-electron chi connectivity index (χ3n) is 14.5. The van der Waals surface area contributed by atoms with Gasteiger partial charge in [-0.05, 0) is 103 Å². The van der Waals surface area contributed by atoms with Crippen molar-refractivity contribution in [3.63, 3.8) is 0 Å². The van der Waals surface area contributed by atoms with Crippen molar-refractivity contribution >= 4 is 40.5 Å². The van der Waals surface area contributed by atoms with Crippen LogP contribution in [0.25, 0.3) is 33.3 Å². The number of hydrogen-bond acceptors (Lipinski definition) is 12. The molecule has 4 amide bonds. The standard InChI is InChI=1S/C53H70N8O9/c1-8-60-45-12-11-34-24-40(45)41(48(60)42-26-54-16-13-36(42)30-69-7)25-53(4,5)31-70-52(68)43-10-9-17-61(56-43)51(67)44(22-33-20-37(34)23-39(63)21-33)55-49(65)47(32(2)3)57(6)50(66)35-14-19-59(27-35)46(64)29-58-18-15-38(62)28-58/h11-13,16,20-21,23-24,26,32,35,38,43-44,47,56,62-63H,8-10,14-15,17-19,22,25,27-31H2,1-7H3,(H,55,65)/t35-,38-,43-,44-,47?/m0/s1. The molecule has 4 aliphatic heterocycles. The number of likely N-dealkylation sites (N-methyl/N-ethyl adjacent to an activating group) is 1. The topological polar surface area (TPSA) is 199 Å². The number of hydrogen-bond donors (Lipinski definition) is 4. The minimum Gasteiger partial charge on any atom is -0.508 e. The van der Waals surface area contributed by atoms with Crippen LogP contribution in [0.3, 0.4) is 0 Å². The Hall–Kier alpha value is -5.88. The van der Waals surface area contributed by atoms with Crippen LogP contribution in [0.15, 0.2) is 54.9 Å². The highest BCUT2D eigenvalue weighted by atomic mass is 16.5. The summed E-state index contributed by atoms with van der Waals surface area (Å²) >= 11 is 0. The first kappa shape index (κ1) is 50.5. The van der Waals surface area contributed by atoms with Crippen LogP contribution in [0, 0.1) is 17.3 Å². The average molecular weight is 963 g/mol. The third-order valence-corrected chi connectivity index (χ3v) is 14.5. The third kappa shape index (κ3) is 10.9. The van der Waals surface area contributed by atoms with Crippen LogP contribution in [0.5, 0.6) is 5.75 Å². The molecule has 70 heavy (non-hydrogen) atoms. The van der Waals surface area contributed by atoms with Crippen LogP contribution in [0.4, 0.5) is 0 Å². The van der Waals surface area contributed by atoms with E-state index >= 15 is 0 Å². The van der Waals surface area contributed by atoms with Crippen LogP contribution in [0.2, 0.25) is 0 Å². The number of phenolic OH excluding ortho intramolecular Hbond substituents is 1. The second-order valence-electron chi connectivity index (χ2n) is 20.8. The summed E-state index contributed by atoms with van der Waals surface area (Å²) in [5, 5.41) is 26.7. The maximum atomic E-state index is 14.8. The number of nitrogens with one attached hydrogen (secondary N) is 2. The Balaban J connectivity index is 1.13. The first-order valence-electron chi connectivity index (χ1n) is 24.8. The van der Waals surface area contributed by atoms with E-state index in [-0.39, 0.29) is 56.1 Å². The summed E-state index contributed by atoms with van der Waals surface area (Å²) in [5.74, 6) is -2.75. The first-order valence-corrected chi connectivity index (χ1v) is 24.8. The summed E-state index contributed by atoms with van der Waals surface area (Å²) < 4.78 is 14.0. The minimum absolute atomic E-state index is 0.0151. The van der Waals surface area contributed by atoms with Gasteiger partial charge in [0.25, 0.3) is 5.91 Å². The molecule has 6 bridgehead atoms.